The summed E-state index contributed by atoms with van der Waals surface area (Å²) in [5, 5.41) is 7.35. The minimum absolute atomic E-state index is 0.231. The summed E-state index contributed by atoms with van der Waals surface area (Å²) in [4.78, 5) is 33.8. The molecule has 1 atom stereocenters. The quantitative estimate of drug-likeness (QED) is 0.402. The molecule has 1 saturated heterocycles. The van der Waals surface area contributed by atoms with Gasteiger partial charge in [0.05, 0.1) is 53.7 Å². The van der Waals surface area contributed by atoms with E-state index in [1.807, 2.05) is 6.07 Å². The number of morpholine rings is 1. The van der Waals surface area contributed by atoms with E-state index < -0.39 is 0 Å². The van der Waals surface area contributed by atoms with E-state index in [0.29, 0.717) is 60.8 Å². The molecule has 6 rings (SSSR count). The lowest BCUT2D eigenvalue weighted by atomic mass is 10.1. The number of carbonyl (C=O) groups is 1. The van der Waals surface area contributed by atoms with Crippen LogP contribution in [-0.2, 0) is 25.4 Å². The fourth-order valence-electron chi connectivity index (χ4n) is 5.40. The molecule has 1 aromatic carbocycles. The van der Waals surface area contributed by atoms with Crippen molar-refractivity contribution in [2.45, 2.75) is 26.3 Å². The van der Waals surface area contributed by atoms with Gasteiger partial charge in [-0.05, 0) is 43.0 Å². The Kier molecular flexibility index (Phi) is 6.59. The van der Waals surface area contributed by atoms with Crippen LogP contribution in [0.3, 0.4) is 0 Å². The second-order valence-corrected chi connectivity index (χ2v) is 10.4. The van der Waals surface area contributed by atoms with Crippen molar-refractivity contribution in [3.05, 3.63) is 52.6 Å². The predicted octanol–water partition coefficient (Wildman–Crippen LogP) is 3.03. The van der Waals surface area contributed by atoms with E-state index in [4.69, 9.17) is 14.5 Å². The molecule has 39 heavy (non-hydrogen) atoms. The van der Waals surface area contributed by atoms with Crippen molar-refractivity contribution in [1.82, 2.24) is 23.9 Å². The van der Waals surface area contributed by atoms with Crippen LogP contribution in [0.25, 0.3) is 22.2 Å². The van der Waals surface area contributed by atoms with Crippen molar-refractivity contribution in [2.75, 3.05) is 43.1 Å². The first-order valence-corrected chi connectivity index (χ1v) is 13.4. The van der Waals surface area contributed by atoms with Crippen molar-refractivity contribution in [3.8, 4) is 17.0 Å². The minimum Gasteiger partial charge on any atom is -0.477 e. The molecule has 2 aliphatic rings. The van der Waals surface area contributed by atoms with Gasteiger partial charge in [0.15, 0.2) is 0 Å². The molecule has 1 N–H and O–H groups in total. The van der Waals surface area contributed by atoms with Gasteiger partial charge < -0.3 is 23.5 Å². The summed E-state index contributed by atoms with van der Waals surface area (Å²) in [5.74, 6) is 0.967. The number of imidazole rings is 1. The molecule has 1 fully saturated rings. The number of aryl methyl sites for hydroxylation is 2. The van der Waals surface area contributed by atoms with Gasteiger partial charge in [0.1, 0.15) is 0 Å². The molecule has 4 aromatic rings. The van der Waals surface area contributed by atoms with Crippen LogP contribution in [-0.4, -0.2) is 62.7 Å². The van der Waals surface area contributed by atoms with Crippen molar-refractivity contribution in [1.29, 1.82) is 0 Å². The number of ether oxygens (including phenoxy) is 2. The number of anilines is 2. The zero-order chi connectivity index (χ0) is 27.1. The Balaban J connectivity index is 1.44. The lowest BCUT2D eigenvalue weighted by Gasteiger charge is -2.29. The Morgan fingerprint density at radius 2 is 1.87 bits per heavy atom. The number of nitrogens with zero attached hydrogens (tertiary/aromatic N) is 6. The fourth-order valence-corrected chi connectivity index (χ4v) is 5.40. The monoisotopic (exact) mass is 531 g/mol. The maximum Gasteiger partial charge on any atom is 0.259 e. The average Bonchev–Trinajstić information content (AvgIpc) is 3.47. The Morgan fingerprint density at radius 3 is 2.69 bits per heavy atom. The fraction of sp³-hybridized carbons (Fsp3) is 0.429. The number of nitrogens with one attached hydrogen (secondary N) is 1. The molecule has 2 aliphatic heterocycles. The number of benzene rings is 1. The highest BCUT2D eigenvalue weighted by Crippen LogP contribution is 2.30. The second kappa shape index (κ2) is 10.2. The van der Waals surface area contributed by atoms with Crippen LogP contribution in [0.2, 0.25) is 0 Å². The minimum atomic E-state index is -0.342. The molecule has 11 nitrogen and oxygen atoms in total. The van der Waals surface area contributed by atoms with Crippen molar-refractivity contribution in [2.24, 2.45) is 20.0 Å². The summed E-state index contributed by atoms with van der Waals surface area (Å²) in [6.07, 6.45) is 4.90. The predicted molar refractivity (Wildman–Crippen MR) is 148 cm³/mol. The Morgan fingerprint density at radius 1 is 1.05 bits per heavy atom. The average molecular weight is 532 g/mol. The van der Waals surface area contributed by atoms with Gasteiger partial charge in [-0.15, -0.1) is 0 Å². The maximum absolute atomic E-state index is 13.6. The highest BCUT2D eigenvalue weighted by molar-refractivity contribution is 6.04. The topological polar surface area (TPSA) is 108 Å². The lowest BCUT2D eigenvalue weighted by Crippen LogP contribution is -2.36. The Hall–Kier alpha value is -4.12. The van der Waals surface area contributed by atoms with E-state index in [1.165, 1.54) is 4.57 Å². The maximum atomic E-state index is 13.6. The zero-order valence-corrected chi connectivity index (χ0v) is 22.5. The Labute approximate surface area is 225 Å². The smallest absolute Gasteiger partial charge is 0.259 e. The summed E-state index contributed by atoms with van der Waals surface area (Å²) in [7, 11) is 3.42. The highest BCUT2D eigenvalue weighted by Gasteiger charge is 2.22. The molecular formula is C28H33N7O4. The normalized spacial score (nSPS) is 18.5. The van der Waals surface area contributed by atoms with Crippen LogP contribution in [0.4, 0.5) is 11.6 Å². The van der Waals surface area contributed by atoms with Crippen LogP contribution >= 0.6 is 0 Å². The van der Waals surface area contributed by atoms with E-state index in [0.717, 1.165) is 42.7 Å². The molecule has 204 valence electrons. The third kappa shape index (κ3) is 4.78. The number of fused-ring (bicyclic) bond motifs is 7. The number of hydrogen-bond donors (Lipinski definition) is 1. The molecule has 0 spiro atoms. The van der Waals surface area contributed by atoms with Gasteiger partial charge in [-0.2, -0.15) is 5.10 Å². The van der Waals surface area contributed by atoms with E-state index in [1.54, 1.807) is 37.2 Å². The standard InChI is InChI=1S/C28H33N7O4/c1-18-5-4-10-39-27-22(15-29-33(27)3)21-13-19(17-32(2)26(21)37)25(36)31-28-30-23-7-6-20(14-24(23)35(28)16-18)34-8-11-38-12-9-34/h6-7,13-15,17-18H,4-5,8-12,16H2,1-3H3,(H,30,31,36). The molecule has 3 aromatic heterocycles. The molecule has 0 saturated carbocycles. The number of hydrogen-bond acceptors (Lipinski definition) is 7. The number of amides is 1. The van der Waals surface area contributed by atoms with Crippen molar-refractivity contribution >= 4 is 28.6 Å². The van der Waals surface area contributed by atoms with Crippen LogP contribution in [0.5, 0.6) is 5.88 Å². The molecular weight excluding hydrogens is 498 g/mol. The third-order valence-electron chi connectivity index (χ3n) is 7.53. The first kappa shape index (κ1) is 25.2. The van der Waals surface area contributed by atoms with Crippen LogP contribution in [0, 0.1) is 5.92 Å². The zero-order valence-electron chi connectivity index (χ0n) is 22.5. The largest absolute Gasteiger partial charge is 0.477 e. The summed E-state index contributed by atoms with van der Waals surface area (Å²) in [5.41, 5.74) is 3.95. The number of aromatic nitrogens is 5. The van der Waals surface area contributed by atoms with Gasteiger partial charge in [0, 0.05) is 45.6 Å². The molecule has 5 heterocycles. The van der Waals surface area contributed by atoms with E-state index in [9.17, 15) is 9.59 Å². The Bertz CT molecular complexity index is 1600. The third-order valence-corrected chi connectivity index (χ3v) is 7.53. The van der Waals surface area contributed by atoms with Gasteiger partial charge in [-0.1, -0.05) is 6.92 Å². The van der Waals surface area contributed by atoms with Gasteiger partial charge in [-0.25, -0.2) is 9.67 Å². The molecule has 0 radical (unpaired) electrons. The van der Waals surface area contributed by atoms with Gasteiger partial charge in [-0.3, -0.25) is 14.9 Å². The van der Waals surface area contributed by atoms with E-state index in [-0.39, 0.29) is 11.5 Å². The summed E-state index contributed by atoms with van der Waals surface area (Å²) in [6, 6.07) is 7.85. The van der Waals surface area contributed by atoms with Gasteiger partial charge in [0.25, 0.3) is 11.5 Å². The number of carbonyl (C=O) groups excluding carboxylic acids is 1. The van der Waals surface area contributed by atoms with Crippen molar-refractivity contribution in [3.63, 3.8) is 0 Å². The summed E-state index contributed by atoms with van der Waals surface area (Å²) >= 11 is 0. The first-order chi connectivity index (χ1) is 18.9. The summed E-state index contributed by atoms with van der Waals surface area (Å²) < 4.78 is 16.8. The van der Waals surface area contributed by atoms with Crippen LogP contribution in [0.15, 0.2) is 41.5 Å². The molecule has 11 heteroatoms. The summed E-state index contributed by atoms with van der Waals surface area (Å²) in [6.45, 7) is 6.47. The van der Waals surface area contributed by atoms with Gasteiger partial charge >= 0.3 is 0 Å². The van der Waals surface area contributed by atoms with Crippen LogP contribution in [0.1, 0.15) is 30.1 Å². The molecule has 2 bridgehead atoms. The molecule has 1 amide bonds. The van der Waals surface area contributed by atoms with Crippen molar-refractivity contribution < 1.29 is 14.3 Å². The SMILES string of the molecule is CC1CCCOc2c(cnn2C)-c2cc(cn(C)c2=O)C(=O)Nc2nc3ccc(N4CCOCC4)cc3n2C1. The highest BCUT2D eigenvalue weighted by atomic mass is 16.5. The van der Waals surface area contributed by atoms with E-state index in [2.05, 4.69) is 38.9 Å². The molecule has 0 aliphatic carbocycles. The number of pyridine rings is 1. The second-order valence-electron chi connectivity index (χ2n) is 10.4. The number of rotatable bonds is 1. The van der Waals surface area contributed by atoms with E-state index >= 15 is 0 Å². The lowest BCUT2D eigenvalue weighted by molar-refractivity contribution is 0.102. The molecule has 1 unspecified atom stereocenters. The van der Waals surface area contributed by atoms with Gasteiger partial charge in [0.2, 0.25) is 11.8 Å². The first-order valence-electron chi connectivity index (χ1n) is 13.4. The van der Waals surface area contributed by atoms with Crippen LogP contribution < -0.4 is 20.5 Å².